The molecule has 13 heavy (non-hydrogen) atoms. The van der Waals surface area contributed by atoms with Crippen LogP contribution in [0.3, 0.4) is 0 Å². The van der Waals surface area contributed by atoms with E-state index in [0.29, 0.717) is 0 Å². The van der Waals surface area contributed by atoms with Crippen LogP contribution in [0.2, 0.25) is 0 Å². The molecule has 1 aromatic carbocycles. The molecule has 2 aromatic rings. The number of benzene rings is 1. The van der Waals surface area contributed by atoms with Crippen LogP contribution < -0.4 is 5.30 Å². The Morgan fingerprint density at radius 3 is 2.69 bits per heavy atom. The van der Waals surface area contributed by atoms with Crippen molar-refractivity contribution in [2.75, 3.05) is 0 Å². The molecule has 0 saturated carbocycles. The maximum absolute atomic E-state index is 4.14. The first-order chi connectivity index (χ1) is 6.27. The van der Waals surface area contributed by atoms with E-state index in [1.54, 1.807) is 0 Å². The van der Waals surface area contributed by atoms with E-state index in [2.05, 4.69) is 26.5 Å². The topological polar surface area (TPSA) is 17.8 Å². The summed E-state index contributed by atoms with van der Waals surface area (Å²) in [6.45, 7) is 0. The van der Waals surface area contributed by atoms with Crippen LogP contribution in [-0.4, -0.2) is 9.78 Å². The van der Waals surface area contributed by atoms with Gasteiger partial charge in [0.1, 0.15) is 0 Å². The Labute approximate surface area is 79.8 Å². The minimum absolute atomic E-state index is 1.16. The first kappa shape index (κ1) is 8.46. The SMILES string of the molecule is Cn1cc(-c2ccccc2P)cn1. The minimum atomic E-state index is 1.16. The maximum Gasteiger partial charge on any atom is 0.0568 e. The number of rotatable bonds is 1. The molecule has 0 bridgehead atoms. The fourth-order valence-corrected chi connectivity index (χ4v) is 1.69. The molecule has 1 unspecified atom stereocenters. The summed E-state index contributed by atoms with van der Waals surface area (Å²) >= 11 is 0. The molecule has 0 aliphatic heterocycles. The number of hydrogen-bond acceptors (Lipinski definition) is 1. The molecule has 0 saturated heterocycles. The summed E-state index contributed by atoms with van der Waals surface area (Å²) < 4.78 is 1.81. The van der Waals surface area contributed by atoms with Crippen LogP contribution in [0.25, 0.3) is 11.1 Å². The van der Waals surface area contributed by atoms with E-state index in [1.807, 2.05) is 36.3 Å². The van der Waals surface area contributed by atoms with Gasteiger partial charge in [0, 0.05) is 18.8 Å². The molecule has 0 radical (unpaired) electrons. The van der Waals surface area contributed by atoms with Crippen molar-refractivity contribution < 1.29 is 0 Å². The second-order valence-electron chi connectivity index (χ2n) is 2.99. The van der Waals surface area contributed by atoms with Gasteiger partial charge in [-0.05, 0) is 10.9 Å². The molecule has 0 N–H and O–H groups in total. The van der Waals surface area contributed by atoms with Crippen molar-refractivity contribution in [2.24, 2.45) is 7.05 Å². The Kier molecular flexibility index (Phi) is 2.15. The predicted molar refractivity (Wildman–Crippen MR) is 58.0 cm³/mol. The van der Waals surface area contributed by atoms with Gasteiger partial charge in [0.15, 0.2) is 0 Å². The Balaban J connectivity index is 2.52. The summed E-state index contributed by atoms with van der Waals surface area (Å²) in [5.41, 5.74) is 2.38. The van der Waals surface area contributed by atoms with E-state index in [0.717, 1.165) is 5.56 Å². The summed E-state index contributed by atoms with van der Waals surface area (Å²) in [6, 6.07) is 8.24. The molecule has 1 aromatic heterocycles. The maximum atomic E-state index is 4.14. The Morgan fingerprint density at radius 2 is 2.08 bits per heavy atom. The van der Waals surface area contributed by atoms with E-state index in [9.17, 15) is 0 Å². The zero-order chi connectivity index (χ0) is 9.26. The highest BCUT2D eigenvalue weighted by atomic mass is 31.0. The highest BCUT2D eigenvalue weighted by molar-refractivity contribution is 7.28. The van der Waals surface area contributed by atoms with Gasteiger partial charge in [-0.25, -0.2) is 0 Å². The van der Waals surface area contributed by atoms with Gasteiger partial charge in [-0.1, -0.05) is 24.3 Å². The van der Waals surface area contributed by atoms with Gasteiger partial charge in [0.2, 0.25) is 0 Å². The monoisotopic (exact) mass is 190 g/mol. The van der Waals surface area contributed by atoms with Crippen molar-refractivity contribution in [2.45, 2.75) is 0 Å². The molecule has 0 spiro atoms. The molecule has 0 amide bonds. The van der Waals surface area contributed by atoms with E-state index in [1.165, 1.54) is 10.9 Å². The van der Waals surface area contributed by atoms with Gasteiger partial charge >= 0.3 is 0 Å². The molecule has 2 nitrogen and oxygen atoms in total. The smallest absolute Gasteiger partial charge is 0.0568 e. The van der Waals surface area contributed by atoms with Gasteiger partial charge in [-0.2, -0.15) is 5.10 Å². The van der Waals surface area contributed by atoms with Crippen LogP contribution >= 0.6 is 9.24 Å². The summed E-state index contributed by atoms with van der Waals surface area (Å²) in [5, 5.41) is 5.35. The molecule has 0 aliphatic carbocycles. The van der Waals surface area contributed by atoms with Crippen LogP contribution in [0.1, 0.15) is 0 Å². The molecule has 0 aliphatic rings. The van der Waals surface area contributed by atoms with E-state index >= 15 is 0 Å². The van der Waals surface area contributed by atoms with Crippen molar-refractivity contribution in [1.82, 2.24) is 9.78 Å². The molecule has 2 rings (SSSR count). The molecule has 66 valence electrons. The lowest BCUT2D eigenvalue weighted by atomic mass is 10.1. The molecule has 0 fully saturated rings. The van der Waals surface area contributed by atoms with Crippen molar-refractivity contribution >= 4 is 14.5 Å². The number of aryl methyl sites for hydroxylation is 1. The zero-order valence-corrected chi connectivity index (χ0v) is 8.59. The van der Waals surface area contributed by atoms with Crippen LogP contribution in [0, 0.1) is 0 Å². The molecule has 1 atom stereocenters. The third-order valence-electron chi connectivity index (χ3n) is 1.98. The average Bonchev–Trinajstić information content (AvgIpc) is 2.53. The fourth-order valence-electron chi connectivity index (χ4n) is 1.32. The van der Waals surface area contributed by atoms with Gasteiger partial charge in [-0.15, -0.1) is 9.24 Å². The fraction of sp³-hybridized carbons (Fsp3) is 0.100. The summed E-state index contributed by atoms with van der Waals surface area (Å²) in [7, 11) is 4.66. The third kappa shape index (κ3) is 1.63. The Hall–Kier alpha value is -1.14. The van der Waals surface area contributed by atoms with Gasteiger partial charge in [0.05, 0.1) is 6.20 Å². The first-order valence-electron chi connectivity index (χ1n) is 4.11. The first-order valence-corrected chi connectivity index (χ1v) is 4.68. The Morgan fingerprint density at radius 1 is 1.31 bits per heavy atom. The Bertz CT molecular complexity index is 420. The standard InChI is InChI=1S/C10H11N2P/c1-12-7-8(6-11-12)9-4-2-3-5-10(9)13/h2-7H,13H2,1H3. The summed E-state index contributed by atoms with van der Waals surface area (Å²) in [5.74, 6) is 0. The summed E-state index contributed by atoms with van der Waals surface area (Å²) in [6.07, 6.45) is 3.89. The molecular formula is C10H11N2P. The van der Waals surface area contributed by atoms with Crippen LogP contribution in [0.5, 0.6) is 0 Å². The highest BCUT2D eigenvalue weighted by Crippen LogP contribution is 2.17. The highest BCUT2D eigenvalue weighted by Gasteiger charge is 2.01. The van der Waals surface area contributed by atoms with E-state index in [4.69, 9.17) is 0 Å². The van der Waals surface area contributed by atoms with Gasteiger partial charge in [-0.3, -0.25) is 4.68 Å². The summed E-state index contributed by atoms with van der Waals surface area (Å²) in [4.78, 5) is 0. The average molecular weight is 190 g/mol. The normalized spacial score (nSPS) is 10.3. The number of hydrogen-bond donors (Lipinski definition) is 0. The molecule has 1 heterocycles. The molecular weight excluding hydrogens is 179 g/mol. The number of nitrogens with zero attached hydrogens (tertiary/aromatic N) is 2. The van der Waals surface area contributed by atoms with Crippen molar-refractivity contribution in [3.05, 3.63) is 36.7 Å². The second kappa shape index (κ2) is 3.31. The van der Waals surface area contributed by atoms with Crippen molar-refractivity contribution in [3.8, 4) is 11.1 Å². The van der Waals surface area contributed by atoms with Crippen LogP contribution in [0.15, 0.2) is 36.7 Å². The van der Waals surface area contributed by atoms with Gasteiger partial charge in [0.25, 0.3) is 0 Å². The lowest BCUT2D eigenvalue weighted by Crippen LogP contribution is -1.94. The van der Waals surface area contributed by atoms with Crippen LogP contribution in [0.4, 0.5) is 0 Å². The largest absolute Gasteiger partial charge is 0.275 e. The quantitative estimate of drug-likeness (QED) is 0.624. The van der Waals surface area contributed by atoms with Crippen molar-refractivity contribution in [3.63, 3.8) is 0 Å². The van der Waals surface area contributed by atoms with Crippen LogP contribution in [-0.2, 0) is 7.05 Å². The predicted octanol–water partition coefficient (Wildman–Crippen LogP) is 1.59. The third-order valence-corrected chi connectivity index (χ3v) is 2.48. The number of aromatic nitrogens is 2. The molecule has 3 heteroatoms. The second-order valence-corrected chi connectivity index (χ2v) is 3.61. The van der Waals surface area contributed by atoms with E-state index in [-0.39, 0.29) is 0 Å². The zero-order valence-electron chi connectivity index (χ0n) is 7.44. The van der Waals surface area contributed by atoms with E-state index < -0.39 is 0 Å². The van der Waals surface area contributed by atoms with Crippen molar-refractivity contribution in [1.29, 1.82) is 0 Å². The lowest BCUT2D eigenvalue weighted by Gasteiger charge is -2.00. The lowest BCUT2D eigenvalue weighted by molar-refractivity contribution is 0.768. The van der Waals surface area contributed by atoms with Gasteiger partial charge < -0.3 is 0 Å². The minimum Gasteiger partial charge on any atom is -0.275 e.